The van der Waals surface area contributed by atoms with E-state index in [-0.39, 0.29) is 23.9 Å². The molecule has 1 aliphatic heterocycles. The van der Waals surface area contributed by atoms with E-state index in [0.29, 0.717) is 30.2 Å². The van der Waals surface area contributed by atoms with E-state index in [0.717, 1.165) is 88.5 Å². The van der Waals surface area contributed by atoms with Gasteiger partial charge in [-0.2, -0.15) is 4.39 Å². The maximum absolute atomic E-state index is 14.7. The molecule has 184 valence electrons. The van der Waals surface area contributed by atoms with Crippen molar-refractivity contribution >= 4 is 5.97 Å². The zero-order valence-electron chi connectivity index (χ0n) is 20.3. The summed E-state index contributed by atoms with van der Waals surface area (Å²) in [5, 5.41) is 0. The average Bonchev–Trinajstić information content (AvgIpc) is 2.83. The van der Waals surface area contributed by atoms with Gasteiger partial charge >= 0.3 is 5.97 Å². The lowest BCUT2D eigenvalue weighted by Crippen LogP contribution is -2.34. The van der Waals surface area contributed by atoms with Crippen LogP contribution in [0.25, 0.3) is 0 Å². The predicted molar refractivity (Wildman–Crippen MR) is 125 cm³/mol. The Bertz CT molecular complexity index is 808. The number of aryl methyl sites for hydroxylation is 2. The van der Waals surface area contributed by atoms with Gasteiger partial charge in [0.2, 0.25) is 5.82 Å². The first-order valence-electron chi connectivity index (χ1n) is 13.3. The van der Waals surface area contributed by atoms with Crippen LogP contribution >= 0.6 is 0 Å². The normalized spacial score (nSPS) is 29.8. The molecular weight excluding hydrogens is 422 g/mol. The van der Waals surface area contributed by atoms with Gasteiger partial charge in [0.15, 0.2) is 11.6 Å². The quantitative estimate of drug-likeness (QED) is 0.398. The third kappa shape index (κ3) is 6.08. The number of carbonyl (C=O) groups excluding carboxylic acids is 1. The van der Waals surface area contributed by atoms with E-state index >= 15 is 0 Å². The lowest BCUT2D eigenvalue weighted by Gasteiger charge is -2.37. The third-order valence-electron chi connectivity index (χ3n) is 8.24. The number of esters is 1. The zero-order valence-corrected chi connectivity index (χ0v) is 20.3. The number of fused-ring (bicyclic) bond motifs is 1. The molecular formula is C28H40F2O3. The van der Waals surface area contributed by atoms with Gasteiger partial charge in [-0.05, 0) is 99.2 Å². The SMILES string of the molecule is CCCc1cc2c(c(F)c1F)OC(C1CCC(CCC(=O)OC3CCC(C)CC3)CC1)CC2. The van der Waals surface area contributed by atoms with Gasteiger partial charge in [-0.3, -0.25) is 4.79 Å². The summed E-state index contributed by atoms with van der Waals surface area (Å²) in [6.07, 6.45) is 13.0. The fourth-order valence-electron chi connectivity index (χ4n) is 6.09. The molecule has 0 spiro atoms. The van der Waals surface area contributed by atoms with Crippen LogP contribution in [0, 0.1) is 29.4 Å². The predicted octanol–water partition coefficient (Wildman–Crippen LogP) is 7.32. The van der Waals surface area contributed by atoms with Crippen LogP contribution in [0.1, 0.15) is 102 Å². The largest absolute Gasteiger partial charge is 0.487 e. The number of hydrogen-bond acceptors (Lipinski definition) is 3. The number of ether oxygens (including phenoxy) is 2. The average molecular weight is 463 g/mol. The molecule has 33 heavy (non-hydrogen) atoms. The monoisotopic (exact) mass is 462 g/mol. The maximum Gasteiger partial charge on any atom is 0.306 e. The van der Waals surface area contributed by atoms with E-state index < -0.39 is 11.6 Å². The molecule has 5 heteroatoms. The first kappa shape index (κ1) is 24.5. The molecule has 0 amide bonds. The maximum atomic E-state index is 14.7. The Morgan fingerprint density at radius 2 is 1.76 bits per heavy atom. The van der Waals surface area contributed by atoms with Crippen LogP contribution in [0.3, 0.4) is 0 Å². The van der Waals surface area contributed by atoms with Gasteiger partial charge in [-0.1, -0.05) is 33.1 Å². The molecule has 0 saturated heterocycles. The van der Waals surface area contributed by atoms with Crippen molar-refractivity contribution in [2.24, 2.45) is 17.8 Å². The first-order chi connectivity index (χ1) is 15.9. The second-order valence-corrected chi connectivity index (χ2v) is 10.8. The molecule has 0 bridgehead atoms. The van der Waals surface area contributed by atoms with Crippen LogP contribution in [0.2, 0.25) is 0 Å². The Labute approximate surface area is 197 Å². The lowest BCUT2D eigenvalue weighted by atomic mass is 9.76. The van der Waals surface area contributed by atoms with Crippen LogP contribution < -0.4 is 4.74 Å². The van der Waals surface area contributed by atoms with Crippen molar-refractivity contribution in [1.82, 2.24) is 0 Å². The summed E-state index contributed by atoms with van der Waals surface area (Å²) in [6.45, 7) is 4.24. The van der Waals surface area contributed by atoms with E-state index in [1.165, 1.54) is 0 Å². The Morgan fingerprint density at radius 1 is 1.03 bits per heavy atom. The number of benzene rings is 1. The van der Waals surface area contributed by atoms with Crippen molar-refractivity contribution in [3.63, 3.8) is 0 Å². The molecule has 0 radical (unpaired) electrons. The van der Waals surface area contributed by atoms with Crippen LogP contribution in [-0.4, -0.2) is 18.2 Å². The summed E-state index contributed by atoms with van der Waals surface area (Å²) < 4.78 is 40.9. The van der Waals surface area contributed by atoms with E-state index in [1.807, 2.05) is 6.92 Å². The van der Waals surface area contributed by atoms with Crippen molar-refractivity contribution in [3.05, 3.63) is 28.8 Å². The van der Waals surface area contributed by atoms with E-state index in [9.17, 15) is 13.6 Å². The molecule has 1 heterocycles. The van der Waals surface area contributed by atoms with Crippen LogP contribution in [0.15, 0.2) is 6.07 Å². The van der Waals surface area contributed by atoms with Gasteiger partial charge in [-0.15, -0.1) is 0 Å². The molecule has 0 N–H and O–H groups in total. The molecule has 2 fully saturated rings. The molecule has 4 rings (SSSR count). The zero-order chi connectivity index (χ0) is 23.4. The highest BCUT2D eigenvalue weighted by Gasteiger charge is 2.34. The molecule has 0 aromatic heterocycles. The molecule has 1 unspecified atom stereocenters. The smallest absolute Gasteiger partial charge is 0.306 e. The molecule has 3 aliphatic rings. The van der Waals surface area contributed by atoms with Crippen molar-refractivity contribution in [3.8, 4) is 5.75 Å². The van der Waals surface area contributed by atoms with Gasteiger partial charge in [0.1, 0.15) is 12.2 Å². The molecule has 2 aliphatic carbocycles. The minimum atomic E-state index is -0.805. The number of rotatable bonds is 7. The second-order valence-electron chi connectivity index (χ2n) is 10.8. The van der Waals surface area contributed by atoms with Gasteiger partial charge in [0, 0.05) is 6.42 Å². The Kier molecular flexibility index (Phi) is 8.29. The van der Waals surface area contributed by atoms with Gasteiger partial charge in [0.25, 0.3) is 0 Å². The number of halogens is 2. The van der Waals surface area contributed by atoms with Crippen molar-refractivity contribution in [2.75, 3.05) is 0 Å². The highest BCUT2D eigenvalue weighted by molar-refractivity contribution is 5.69. The van der Waals surface area contributed by atoms with Crippen LogP contribution in [0.4, 0.5) is 8.78 Å². The summed E-state index contributed by atoms with van der Waals surface area (Å²) in [5.74, 6) is 0.236. The van der Waals surface area contributed by atoms with Gasteiger partial charge in [-0.25, -0.2) is 4.39 Å². The van der Waals surface area contributed by atoms with Crippen LogP contribution in [-0.2, 0) is 22.4 Å². The van der Waals surface area contributed by atoms with Crippen LogP contribution in [0.5, 0.6) is 5.75 Å². The van der Waals surface area contributed by atoms with Gasteiger partial charge in [0.05, 0.1) is 0 Å². The Hall–Kier alpha value is -1.65. The van der Waals surface area contributed by atoms with E-state index in [4.69, 9.17) is 9.47 Å². The summed E-state index contributed by atoms with van der Waals surface area (Å²) in [4.78, 5) is 12.3. The molecule has 1 atom stereocenters. The number of hydrogen-bond donors (Lipinski definition) is 0. The lowest BCUT2D eigenvalue weighted by molar-refractivity contribution is -0.151. The van der Waals surface area contributed by atoms with Crippen molar-refractivity contribution < 1.29 is 23.0 Å². The van der Waals surface area contributed by atoms with Gasteiger partial charge < -0.3 is 9.47 Å². The minimum Gasteiger partial charge on any atom is -0.487 e. The van der Waals surface area contributed by atoms with Crippen molar-refractivity contribution in [2.45, 2.75) is 116 Å². The topological polar surface area (TPSA) is 35.5 Å². The summed E-state index contributed by atoms with van der Waals surface area (Å²) >= 11 is 0. The van der Waals surface area contributed by atoms with E-state index in [1.54, 1.807) is 6.07 Å². The third-order valence-corrected chi connectivity index (χ3v) is 8.24. The number of carbonyl (C=O) groups is 1. The molecule has 3 nitrogen and oxygen atoms in total. The fourth-order valence-corrected chi connectivity index (χ4v) is 6.09. The van der Waals surface area contributed by atoms with E-state index in [2.05, 4.69) is 6.92 Å². The fraction of sp³-hybridized carbons (Fsp3) is 0.750. The summed E-state index contributed by atoms with van der Waals surface area (Å²) in [5.41, 5.74) is 1.28. The highest BCUT2D eigenvalue weighted by atomic mass is 19.2. The highest BCUT2D eigenvalue weighted by Crippen LogP contribution is 2.41. The standard InChI is InChI=1S/C28H40F2O3/c1-3-4-21-17-22-12-15-24(33-28(22)27(30)26(21)29)20-10-7-19(8-11-20)9-16-25(31)32-23-13-5-18(2)6-14-23/h17-20,23-24H,3-16H2,1-2H3. The molecule has 1 aromatic carbocycles. The van der Waals surface area contributed by atoms with Crippen molar-refractivity contribution in [1.29, 1.82) is 0 Å². The molecule has 1 aromatic rings. The summed E-state index contributed by atoms with van der Waals surface area (Å²) in [6, 6.07) is 1.80. The minimum absolute atomic E-state index is 0.0381. The first-order valence-corrected chi connectivity index (χ1v) is 13.3. The summed E-state index contributed by atoms with van der Waals surface area (Å²) in [7, 11) is 0. The second kappa shape index (κ2) is 11.2. The Morgan fingerprint density at radius 3 is 2.45 bits per heavy atom. The molecule has 2 saturated carbocycles. The Balaban J connectivity index is 1.22.